The summed E-state index contributed by atoms with van der Waals surface area (Å²) in [4.78, 5) is 26.6. The van der Waals surface area contributed by atoms with Crippen molar-refractivity contribution in [2.75, 3.05) is 6.61 Å². The first kappa shape index (κ1) is 21.6. The zero-order valence-corrected chi connectivity index (χ0v) is 17.4. The van der Waals surface area contributed by atoms with E-state index in [9.17, 15) is 9.59 Å². The molecule has 0 bridgehead atoms. The number of nitrogens with one attached hydrogen (secondary N) is 1. The molecule has 0 aliphatic carbocycles. The van der Waals surface area contributed by atoms with E-state index in [-0.39, 0.29) is 17.2 Å². The molecule has 5 nitrogen and oxygen atoms in total. The Morgan fingerprint density at radius 1 is 1.18 bits per heavy atom. The highest BCUT2D eigenvalue weighted by atomic mass is 16.5. The highest BCUT2D eigenvalue weighted by Crippen LogP contribution is 2.38. The summed E-state index contributed by atoms with van der Waals surface area (Å²) in [5.74, 6) is 0.783. The van der Waals surface area contributed by atoms with Crippen molar-refractivity contribution in [1.82, 2.24) is 10.3 Å². The third-order valence-electron chi connectivity index (χ3n) is 5.20. The van der Waals surface area contributed by atoms with Crippen molar-refractivity contribution in [2.24, 2.45) is 5.41 Å². The van der Waals surface area contributed by atoms with Gasteiger partial charge in [0.1, 0.15) is 5.75 Å². The second-order valence-corrected chi connectivity index (χ2v) is 8.00. The molecule has 0 radical (unpaired) electrons. The Hall–Kier alpha value is -2.69. The first-order valence-corrected chi connectivity index (χ1v) is 9.61. The Bertz CT molecular complexity index is 793. The van der Waals surface area contributed by atoms with E-state index >= 15 is 0 Å². The fraction of sp³-hybridized carbons (Fsp3) is 0.435. The predicted molar refractivity (Wildman–Crippen MR) is 110 cm³/mol. The highest BCUT2D eigenvalue weighted by molar-refractivity contribution is 5.86. The number of hydrogen-bond donors (Lipinski definition) is 1. The van der Waals surface area contributed by atoms with Gasteiger partial charge in [-0.3, -0.25) is 19.9 Å². The number of hydrogen-bond acceptors (Lipinski definition) is 4. The van der Waals surface area contributed by atoms with Crippen LogP contribution in [0.2, 0.25) is 0 Å². The van der Waals surface area contributed by atoms with Gasteiger partial charge < -0.3 is 4.74 Å². The molecule has 0 saturated carbocycles. The van der Waals surface area contributed by atoms with Gasteiger partial charge in [-0.25, -0.2) is 0 Å². The molecule has 28 heavy (non-hydrogen) atoms. The van der Waals surface area contributed by atoms with E-state index in [1.165, 1.54) is 11.1 Å². The molecule has 1 aromatic heterocycles. The van der Waals surface area contributed by atoms with Crippen LogP contribution < -0.4 is 10.1 Å². The van der Waals surface area contributed by atoms with Crippen molar-refractivity contribution >= 4 is 12.3 Å². The fourth-order valence-electron chi connectivity index (χ4n) is 3.27. The van der Waals surface area contributed by atoms with Gasteiger partial charge in [0.05, 0.1) is 6.61 Å². The van der Waals surface area contributed by atoms with Gasteiger partial charge in [-0.15, -0.1) is 0 Å². The predicted octanol–water partition coefficient (Wildman–Crippen LogP) is 4.11. The third-order valence-corrected chi connectivity index (χ3v) is 5.20. The maximum atomic E-state index is 11.8. The molecule has 2 rings (SSSR count). The number of pyridine rings is 1. The average Bonchev–Trinajstić information content (AvgIpc) is 2.60. The van der Waals surface area contributed by atoms with E-state index in [1.807, 2.05) is 39.8 Å². The summed E-state index contributed by atoms with van der Waals surface area (Å²) in [7, 11) is 0. The monoisotopic (exact) mass is 382 g/mol. The maximum absolute atomic E-state index is 11.8. The minimum Gasteiger partial charge on any atom is -0.493 e. The summed E-state index contributed by atoms with van der Waals surface area (Å²) in [5, 5.41) is 2.22. The molecule has 0 aliphatic heterocycles. The number of carbonyl (C=O) groups excluding carboxylic acids is 2. The van der Waals surface area contributed by atoms with Crippen LogP contribution in [0.25, 0.3) is 0 Å². The quantitative estimate of drug-likeness (QED) is 0.663. The summed E-state index contributed by atoms with van der Waals surface area (Å²) in [5.41, 5.74) is 4.04. The van der Waals surface area contributed by atoms with E-state index in [0.29, 0.717) is 19.4 Å². The molecule has 1 atom stereocenters. The van der Waals surface area contributed by atoms with E-state index in [2.05, 4.69) is 41.5 Å². The van der Waals surface area contributed by atoms with Crippen LogP contribution >= 0.6 is 0 Å². The van der Waals surface area contributed by atoms with Crippen molar-refractivity contribution in [3.63, 3.8) is 0 Å². The number of carbonyl (C=O) groups is 2. The van der Waals surface area contributed by atoms with Gasteiger partial charge in [0.25, 0.3) is 0 Å². The van der Waals surface area contributed by atoms with Gasteiger partial charge in [-0.1, -0.05) is 45.0 Å². The first-order valence-electron chi connectivity index (χ1n) is 9.61. The smallest absolute Gasteiger partial charge is 0.226 e. The van der Waals surface area contributed by atoms with Crippen molar-refractivity contribution in [3.05, 3.63) is 58.9 Å². The van der Waals surface area contributed by atoms with Gasteiger partial charge in [0.2, 0.25) is 12.3 Å². The van der Waals surface area contributed by atoms with Gasteiger partial charge in [0, 0.05) is 36.4 Å². The van der Waals surface area contributed by atoms with Crippen LogP contribution in [0.4, 0.5) is 0 Å². The number of aromatic nitrogens is 1. The molecule has 2 aromatic rings. The Balaban J connectivity index is 1.93. The second kappa shape index (κ2) is 9.49. The summed E-state index contributed by atoms with van der Waals surface area (Å²) < 4.78 is 5.86. The average molecular weight is 383 g/mol. The number of benzene rings is 1. The fourth-order valence-corrected chi connectivity index (χ4v) is 3.27. The van der Waals surface area contributed by atoms with Crippen molar-refractivity contribution in [2.45, 2.75) is 53.4 Å². The third kappa shape index (κ3) is 6.19. The Morgan fingerprint density at radius 2 is 1.79 bits per heavy atom. The Morgan fingerprint density at radius 3 is 2.36 bits per heavy atom. The standard InChI is InChI=1S/C23H30N2O3/c1-16-12-21(13-17(2)25-16)28-11-10-19-6-8-20(9-7-19)18(3)23(4,5)14-22(27)24-15-26/h6-9,12-13,15,18H,10-11,14H2,1-5H3,(H,24,26,27)/t18-/m1/s1. The molecule has 1 aromatic carbocycles. The van der Waals surface area contributed by atoms with Crippen LogP contribution in [0.15, 0.2) is 36.4 Å². The minimum atomic E-state index is -0.255. The molecule has 5 heteroatoms. The lowest BCUT2D eigenvalue weighted by atomic mass is 9.73. The Labute approximate surface area is 167 Å². The maximum Gasteiger partial charge on any atom is 0.226 e. The number of amides is 2. The number of imide groups is 1. The summed E-state index contributed by atoms with van der Waals surface area (Å²) >= 11 is 0. The number of ether oxygens (including phenoxy) is 1. The first-order chi connectivity index (χ1) is 13.2. The molecule has 1 heterocycles. The topological polar surface area (TPSA) is 68.3 Å². The van der Waals surface area contributed by atoms with Gasteiger partial charge >= 0.3 is 0 Å². The van der Waals surface area contributed by atoms with Crippen molar-refractivity contribution in [1.29, 1.82) is 0 Å². The molecule has 0 aliphatic rings. The number of nitrogens with zero attached hydrogens (tertiary/aromatic N) is 1. The van der Waals surface area contributed by atoms with Crippen LogP contribution in [0.5, 0.6) is 5.75 Å². The molecule has 150 valence electrons. The van der Waals surface area contributed by atoms with Gasteiger partial charge in [-0.2, -0.15) is 0 Å². The van der Waals surface area contributed by atoms with Crippen molar-refractivity contribution < 1.29 is 14.3 Å². The van der Waals surface area contributed by atoms with Gasteiger partial charge in [-0.05, 0) is 36.3 Å². The van der Waals surface area contributed by atoms with E-state index in [0.717, 1.165) is 23.6 Å². The molecular weight excluding hydrogens is 352 g/mol. The minimum absolute atomic E-state index is 0.179. The van der Waals surface area contributed by atoms with Crippen LogP contribution in [0.3, 0.4) is 0 Å². The molecule has 1 N–H and O–H groups in total. The zero-order valence-electron chi connectivity index (χ0n) is 17.4. The van der Waals surface area contributed by atoms with Crippen LogP contribution in [-0.4, -0.2) is 23.9 Å². The molecule has 2 amide bonds. The lowest BCUT2D eigenvalue weighted by Gasteiger charge is -2.31. The van der Waals surface area contributed by atoms with E-state index < -0.39 is 0 Å². The highest BCUT2D eigenvalue weighted by Gasteiger charge is 2.29. The van der Waals surface area contributed by atoms with Crippen LogP contribution in [0.1, 0.15) is 55.6 Å². The summed E-state index contributed by atoms with van der Waals surface area (Å²) in [6.45, 7) is 10.7. The molecule has 0 unspecified atom stereocenters. The number of aryl methyl sites for hydroxylation is 2. The zero-order chi connectivity index (χ0) is 20.7. The van der Waals surface area contributed by atoms with Crippen LogP contribution in [-0.2, 0) is 16.0 Å². The Kier molecular flexibility index (Phi) is 7.32. The van der Waals surface area contributed by atoms with Gasteiger partial charge in [0.15, 0.2) is 0 Å². The summed E-state index contributed by atoms with van der Waals surface area (Å²) in [6, 6.07) is 12.3. The van der Waals surface area contributed by atoms with Crippen molar-refractivity contribution in [3.8, 4) is 5.75 Å². The lowest BCUT2D eigenvalue weighted by molar-refractivity contribution is -0.126. The molecule has 0 spiro atoms. The summed E-state index contributed by atoms with van der Waals surface area (Å²) in [6.07, 6.45) is 1.56. The number of rotatable bonds is 9. The largest absolute Gasteiger partial charge is 0.493 e. The second-order valence-electron chi connectivity index (χ2n) is 8.00. The molecule has 0 fully saturated rings. The molecular formula is C23H30N2O3. The normalized spacial score (nSPS) is 12.3. The molecule has 0 saturated heterocycles. The lowest BCUT2D eigenvalue weighted by Crippen LogP contribution is -2.30. The van der Waals surface area contributed by atoms with E-state index in [4.69, 9.17) is 4.74 Å². The SMILES string of the molecule is Cc1cc(OCCc2ccc([C@@H](C)C(C)(C)CC(=O)NC=O)cc2)cc(C)n1. The van der Waals surface area contributed by atoms with E-state index in [1.54, 1.807) is 0 Å². The van der Waals surface area contributed by atoms with Crippen LogP contribution in [0, 0.1) is 19.3 Å².